The molecule has 1 aromatic rings. The molecule has 17 heavy (non-hydrogen) atoms. The highest BCUT2D eigenvalue weighted by molar-refractivity contribution is 6.51. The van der Waals surface area contributed by atoms with Crippen molar-refractivity contribution < 1.29 is 19.1 Å². The first-order chi connectivity index (χ1) is 8.15. The van der Waals surface area contributed by atoms with Crippen molar-refractivity contribution in [2.24, 2.45) is 5.92 Å². The van der Waals surface area contributed by atoms with Crippen molar-refractivity contribution in [1.29, 1.82) is 0 Å². The molecule has 0 unspecified atom stereocenters. The molecule has 0 spiro atoms. The van der Waals surface area contributed by atoms with Crippen molar-refractivity contribution in [3.8, 4) is 5.75 Å². The van der Waals surface area contributed by atoms with Crippen LogP contribution in [0.3, 0.4) is 0 Å². The van der Waals surface area contributed by atoms with E-state index in [1.165, 1.54) is 6.07 Å². The van der Waals surface area contributed by atoms with E-state index in [-0.39, 0.29) is 17.5 Å². The fraction of sp³-hybridized carbons (Fsp3) is 0.250. The minimum absolute atomic E-state index is 0.00119. The molecule has 1 aromatic carbocycles. The lowest BCUT2D eigenvalue weighted by Crippen LogP contribution is -2.12. The number of carbonyl (C=O) groups is 3. The van der Waals surface area contributed by atoms with Gasteiger partial charge in [-0.2, -0.15) is 0 Å². The van der Waals surface area contributed by atoms with Gasteiger partial charge in [0.25, 0.3) is 11.7 Å². The molecule has 3 rings (SSSR count). The van der Waals surface area contributed by atoms with Crippen LogP contribution in [0.2, 0.25) is 0 Å². The molecule has 0 bridgehead atoms. The van der Waals surface area contributed by atoms with E-state index >= 15 is 0 Å². The number of amides is 1. The Balaban J connectivity index is 1.86. The van der Waals surface area contributed by atoms with Gasteiger partial charge in [0.15, 0.2) is 0 Å². The van der Waals surface area contributed by atoms with Gasteiger partial charge in [-0.25, -0.2) is 0 Å². The van der Waals surface area contributed by atoms with Gasteiger partial charge in [-0.15, -0.1) is 0 Å². The fourth-order valence-electron chi connectivity index (χ4n) is 1.70. The number of benzene rings is 1. The minimum atomic E-state index is -0.648. The lowest BCUT2D eigenvalue weighted by Gasteiger charge is -2.04. The molecule has 1 heterocycles. The molecule has 0 aromatic heterocycles. The number of esters is 1. The number of nitrogens with one attached hydrogen (secondary N) is 1. The summed E-state index contributed by atoms with van der Waals surface area (Å²) in [6.45, 7) is 0. The SMILES string of the molecule is O=C1Nc2ccc(OC(=O)C3CC3)cc2C1=O. The van der Waals surface area contributed by atoms with E-state index < -0.39 is 11.7 Å². The Labute approximate surface area is 96.8 Å². The number of fused-ring (bicyclic) bond motifs is 1. The molecule has 1 aliphatic carbocycles. The summed E-state index contributed by atoms with van der Waals surface area (Å²) in [6.07, 6.45) is 1.73. The summed E-state index contributed by atoms with van der Waals surface area (Å²) in [5, 5.41) is 2.43. The first-order valence-corrected chi connectivity index (χ1v) is 5.36. The molecule has 0 radical (unpaired) electrons. The molecular formula is C12H9NO4. The van der Waals surface area contributed by atoms with Gasteiger partial charge in [-0.05, 0) is 31.0 Å². The van der Waals surface area contributed by atoms with E-state index in [0.717, 1.165) is 12.8 Å². The Morgan fingerprint density at radius 1 is 1.29 bits per heavy atom. The molecule has 1 saturated carbocycles. The predicted octanol–water partition coefficient (Wildman–Crippen LogP) is 1.14. The average molecular weight is 231 g/mol. The third kappa shape index (κ3) is 1.69. The fourth-order valence-corrected chi connectivity index (χ4v) is 1.70. The number of Topliss-reactive ketones (excluding diaryl/α,β-unsaturated/α-hetero) is 1. The number of hydrogen-bond donors (Lipinski definition) is 1. The highest BCUT2D eigenvalue weighted by Gasteiger charge is 2.32. The van der Waals surface area contributed by atoms with Crippen molar-refractivity contribution in [3.63, 3.8) is 0 Å². The van der Waals surface area contributed by atoms with Crippen LogP contribution in [0.25, 0.3) is 0 Å². The summed E-state index contributed by atoms with van der Waals surface area (Å²) >= 11 is 0. The molecule has 0 atom stereocenters. The topological polar surface area (TPSA) is 72.5 Å². The van der Waals surface area contributed by atoms with Crippen molar-refractivity contribution >= 4 is 23.3 Å². The first kappa shape index (κ1) is 10.0. The number of hydrogen-bond acceptors (Lipinski definition) is 4. The number of ketones is 1. The smallest absolute Gasteiger partial charge is 0.314 e. The Hall–Kier alpha value is -2.17. The van der Waals surface area contributed by atoms with Crippen LogP contribution >= 0.6 is 0 Å². The summed E-state index contributed by atoms with van der Waals surface area (Å²) in [5.74, 6) is -1.20. The average Bonchev–Trinajstić information content (AvgIpc) is 3.10. The minimum Gasteiger partial charge on any atom is -0.426 e. The van der Waals surface area contributed by atoms with E-state index in [4.69, 9.17) is 4.74 Å². The van der Waals surface area contributed by atoms with Gasteiger partial charge in [0, 0.05) is 0 Å². The van der Waals surface area contributed by atoms with Crippen LogP contribution in [0, 0.1) is 5.92 Å². The van der Waals surface area contributed by atoms with Crippen LogP contribution in [-0.2, 0) is 9.59 Å². The van der Waals surface area contributed by atoms with Gasteiger partial charge in [-0.3, -0.25) is 14.4 Å². The maximum absolute atomic E-state index is 11.4. The standard InChI is InChI=1S/C12H9NO4/c14-10-8-5-7(17-12(16)6-1-2-6)3-4-9(8)13-11(10)15/h3-6H,1-2H2,(H,13,14,15). The van der Waals surface area contributed by atoms with Crippen LogP contribution in [0.4, 0.5) is 5.69 Å². The monoisotopic (exact) mass is 231 g/mol. The molecular weight excluding hydrogens is 222 g/mol. The summed E-state index contributed by atoms with van der Waals surface area (Å²) < 4.78 is 5.12. The van der Waals surface area contributed by atoms with Crippen LogP contribution in [-0.4, -0.2) is 17.7 Å². The summed E-state index contributed by atoms with van der Waals surface area (Å²) in [4.78, 5) is 34.0. The van der Waals surface area contributed by atoms with E-state index in [9.17, 15) is 14.4 Å². The van der Waals surface area contributed by atoms with Crippen molar-refractivity contribution in [2.75, 3.05) is 5.32 Å². The first-order valence-electron chi connectivity index (χ1n) is 5.36. The molecule has 0 saturated heterocycles. The highest BCUT2D eigenvalue weighted by Crippen LogP contribution is 2.32. The maximum atomic E-state index is 11.4. The quantitative estimate of drug-likeness (QED) is 0.470. The molecule has 5 nitrogen and oxygen atoms in total. The van der Waals surface area contributed by atoms with E-state index in [0.29, 0.717) is 11.4 Å². The second kappa shape index (κ2) is 3.41. The van der Waals surface area contributed by atoms with Crippen molar-refractivity contribution in [3.05, 3.63) is 23.8 Å². The molecule has 1 aliphatic heterocycles. The van der Waals surface area contributed by atoms with Gasteiger partial charge < -0.3 is 10.1 Å². The van der Waals surface area contributed by atoms with Crippen molar-refractivity contribution in [1.82, 2.24) is 0 Å². The Bertz CT molecular complexity index is 545. The molecule has 1 fully saturated rings. The molecule has 5 heteroatoms. The predicted molar refractivity (Wildman–Crippen MR) is 57.8 cm³/mol. The van der Waals surface area contributed by atoms with Gasteiger partial charge in [-0.1, -0.05) is 0 Å². The number of anilines is 1. The lowest BCUT2D eigenvalue weighted by molar-refractivity contribution is -0.135. The lowest BCUT2D eigenvalue weighted by atomic mass is 10.1. The van der Waals surface area contributed by atoms with Gasteiger partial charge >= 0.3 is 5.97 Å². The van der Waals surface area contributed by atoms with E-state index in [2.05, 4.69) is 5.32 Å². The van der Waals surface area contributed by atoms with Crippen LogP contribution in [0.1, 0.15) is 23.2 Å². The second-order valence-electron chi connectivity index (χ2n) is 4.19. The largest absolute Gasteiger partial charge is 0.426 e. The zero-order chi connectivity index (χ0) is 12.0. The normalized spacial score (nSPS) is 17.6. The Morgan fingerprint density at radius 2 is 2.06 bits per heavy atom. The van der Waals surface area contributed by atoms with Gasteiger partial charge in [0.2, 0.25) is 0 Å². The number of carbonyl (C=O) groups excluding carboxylic acids is 3. The van der Waals surface area contributed by atoms with Gasteiger partial charge in [0.1, 0.15) is 5.75 Å². The molecule has 86 valence electrons. The van der Waals surface area contributed by atoms with Gasteiger partial charge in [0.05, 0.1) is 17.2 Å². The third-order valence-electron chi connectivity index (χ3n) is 2.82. The zero-order valence-electron chi connectivity index (χ0n) is 8.86. The van der Waals surface area contributed by atoms with Crippen LogP contribution in [0.15, 0.2) is 18.2 Å². The van der Waals surface area contributed by atoms with Crippen molar-refractivity contribution in [2.45, 2.75) is 12.8 Å². The Morgan fingerprint density at radius 3 is 2.76 bits per heavy atom. The summed E-state index contributed by atoms with van der Waals surface area (Å²) in [6, 6.07) is 4.56. The van der Waals surface area contributed by atoms with Crippen LogP contribution in [0.5, 0.6) is 5.75 Å². The van der Waals surface area contributed by atoms with E-state index in [1.807, 2.05) is 0 Å². The second-order valence-corrected chi connectivity index (χ2v) is 4.19. The number of rotatable bonds is 2. The zero-order valence-corrected chi connectivity index (χ0v) is 8.86. The molecule has 1 N–H and O–H groups in total. The summed E-state index contributed by atoms with van der Waals surface area (Å²) in [7, 11) is 0. The summed E-state index contributed by atoms with van der Waals surface area (Å²) in [5.41, 5.74) is 0.724. The highest BCUT2D eigenvalue weighted by atomic mass is 16.5. The molecule has 1 amide bonds. The van der Waals surface area contributed by atoms with Crippen LogP contribution < -0.4 is 10.1 Å². The maximum Gasteiger partial charge on any atom is 0.314 e. The third-order valence-corrected chi connectivity index (χ3v) is 2.82. The van der Waals surface area contributed by atoms with E-state index in [1.54, 1.807) is 12.1 Å². The Kier molecular flexibility index (Phi) is 2.01. The number of ether oxygens (including phenoxy) is 1. The molecule has 2 aliphatic rings.